The Morgan fingerprint density at radius 3 is 2.59 bits per heavy atom. The molecule has 4 rings (SSSR count). The van der Waals surface area contributed by atoms with Gasteiger partial charge in [0.05, 0.1) is 0 Å². The van der Waals surface area contributed by atoms with Crippen LogP contribution in [-0.4, -0.2) is 38.8 Å². The van der Waals surface area contributed by atoms with Crippen molar-refractivity contribution in [2.24, 2.45) is 4.40 Å². The highest BCUT2D eigenvalue weighted by atomic mass is 35.5. The van der Waals surface area contributed by atoms with E-state index in [1.165, 1.54) is 6.07 Å². The van der Waals surface area contributed by atoms with E-state index in [4.69, 9.17) is 0 Å². The van der Waals surface area contributed by atoms with Crippen molar-refractivity contribution in [1.29, 1.82) is 0 Å². The minimum atomic E-state index is -3.66. The first-order valence-corrected chi connectivity index (χ1v) is 10.7. The van der Waals surface area contributed by atoms with Crippen molar-refractivity contribution < 1.29 is 13.2 Å². The summed E-state index contributed by atoms with van der Waals surface area (Å²) in [4.78, 5) is 12.7. The van der Waals surface area contributed by atoms with E-state index in [1.807, 2.05) is 0 Å². The maximum absolute atomic E-state index is 12.5. The minimum absolute atomic E-state index is 0. The van der Waals surface area contributed by atoms with Crippen molar-refractivity contribution in [2.45, 2.75) is 36.7 Å². The number of hydrogen-bond donors (Lipinski definition) is 3. The molecule has 0 aliphatic carbocycles. The average molecular weight is 435 g/mol. The second kappa shape index (κ2) is 8.52. The zero-order valence-electron chi connectivity index (χ0n) is 15.9. The Balaban J connectivity index is 0.00000240. The highest BCUT2D eigenvalue weighted by Gasteiger charge is 2.28. The van der Waals surface area contributed by atoms with Crippen LogP contribution in [0, 0.1) is 0 Å². The lowest BCUT2D eigenvalue weighted by atomic mass is 9.99. The van der Waals surface area contributed by atoms with E-state index in [9.17, 15) is 13.2 Å². The summed E-state index contributed by atoms with van der Waals surface area (Å²) in [6, 6.07) is 14.0. The first kappa shape index (κ1) is 21.3. The summed E-state index contributed by atoms with van der Waals surface area (Å²) in [5.74, 6) is 0.174. The van der Waals surface area contributed by atoms with E-state index < -0.39 is 10.0 Å². The van der Waals surface area contributed by atoms with Gasteiger partial charge in [-0.15, -0.1) is 16.8 Å². The van der Waals surface area contributed by atoms with Gasteiger partial charge in [-0.05, 0) is 62.7 Å². The molecule has 2 heterocycles. The number of fused-ring (bicyclic) bond motifs is 1. The molecule has 2 aliphatic rings. The lowest BCUT2D eigenvalue weighted by Crippen LogP contribution is -2.51. The highest BCUT2D eigenvalue weighted by Crippen LogP contribution is 2.26. The molecule has 2 aromatic carbocycles. The Morgan fingerprint density at radius 1 is 1.14 bits per heavy atom. The molecule has 154 valence electrons. The third-order valence-electron chi connectivity index (χ3n) is 5.12. The molecule has 2 unspecified atom stereocenters. The van der Waals surface area contributed by atoms with Crippen LogP contribution >= 0.6 is 12.4 Å². The molecule has 0 bridgehead atoms. The van der Waals surface area contributed by atoms with Crippen LogP contribution < -0.4 is 16.0 Å². The second-order valence-electron chi connectivity index (χ2n) is 7.08. The van der Waals surface area contributed by atoms with Gasteiger partial charge in [0.2, 0.25) is 0 Å². The molecule has 0 radical (unpaired) electrons. The molecule has 1 amide bonds. The van der Waals surface area contributed by atoms with Gasteiger partial charge in [0.25, 0.3) is 15.9 Å². The Morgan fingerprint density at radius 2 is 1.86 bits per heavy atom. The van der Waals surface area contributed by atoms with Gasteiger partial charge in [-0.2, -0.15) is 8.42 Å². The molecular weight excluding hydrogens is 412 g/mol. The zero-order valence-corrected chi connectivity index (χ0v) is 17.5. The summed E-state index contributed by atoms with van der Waals surface area (Å²) >= 11 is 0. The van der Waals surface area contributed by atoms with Crippen molar-refractivity contribution in [2.75, 3.05) is 11.9 Å². The van der Waals surface area contributed by atoms with Crippen LogP contribution in [0.4, 0.5) is 5.69 Å². The molecule has 1 fully saturated rings. The van der Waals surface area contributed by atoms with Crippen molar-refractivity contribution in [1.82, 2.24) is 10.6 Å². The summed E-state index contributed by atoms with van der Waals surface area (Å²) in [6.45, 7) is 3.06. The van der Waals surface area contributed by atoms with Crippen molar-refractivity contribution in [3.8, 4) is 0 Å². The van der Waals surface area contributed by atoms with E-state index >= 15 is 0 Å². The van der Waals surface area contributed by atoms with Crippen molar-refractivity contribution in [3.05, 3.63) is 59.7 Å². The number of amidine groups is 1. The number of carbonyl (C=O) groups is 1. The maximum atomic E-state index is 12.5. The van der Waals surface area contributed by atoms with Crippen LogP contribution in [0.25, 0.3) is 0 Å². The Kier molecular flexibility index (Phi) is 6.26. The summed E-state index contributed by atoms with van der Waals surface area (Å²) in [5, 5.41) is 9.48. The highest BCUT2D eigenvalue weighted by molar-refractivity contribution is 7.90. The standard InChI is InChI=1S/C20H22N4O3S.ClH/c1-13-17(6-4-12-21-13)23-20(25)14-8-10-15(11-9-14)22-19-16-5-2-3-7-18(16)28(26,27)24-19;/h2-3,5,7-11,13,17,21H,4,6,12H2,1H3,(H,22,24)(H,23,25);1H. The van der Waals surface area contributed by atoms with Gasteiger partial charge < -0.3 is 16.0 Å². The summed E-state index contributed by atoms with van der Waals surface area (Å²) in [7, 11) is -3.66. The fourth-order valence-corrected chi connectivity index (χ4v) is 4.71. The molecular formula is C20H23ClN4O3S. The van der Waals surface area contributed by atoms with Crippen molar-refractivity contribution >= 4 is 39.9 Å². The number of halogens is 1. The van der Waals surface area contributed by atoms with Gasteiger partial charge in [-0.1, -0.05) is 12.1 Å². The largest absolute Gasteiger partial charge is 0.348 e. The van der Waals surface area contributed by atoms with Gasteiger partial charge >= 0.3 is 0 Å². The SMILES string of the molecule is CC1NCCCC1NC(=O)c1ccc(NC2=NS(=O)(=O)c3ccccc32)cc1.Cl. The molecule has 0 spiro atoms. The van der Waals surface area contributed by atoms with E-state index in [2.05, 4.69) is 27.3 Å². The van der Waals surface area contributed by atoms with Crippen LogP contribution in [0.1, 0.15) is 35.7 Å². The van der Waals surface area contributed by atoms with Crippen molar-refractivity contribution in [3.63, 3.8) is 0 Å². The Hall–Kier alpha value is -2.42. The van der Waals surface area contributed by atoms with Crippen LogP contribution in [0.15, 0.2) is 57.8 Å². The number of hydrogen-bond acceptors (Lipinski definition) is 5. The molecule has 2 aliphatic heterocycles. The van der Waals surface area contributed by atoms with E-state index in [1.54, 1.807) is 42.5 Å². The molecule has 3 N–H and O–H groups in total. The third-order valence-corrected chi connectivity index (χ3v) is 6.45. The molecule has 2 aromatic rings. The Labute approximate surface area is 176 Å². The third kappa shape index (κ3) is 4.44. The number of benzene rings is 2. The normalized spacial score (nSPS) is 22.0. The maximum Gasteiger partial charge on any atom is 0.285 e. The molecule has 1 saturated heterocycles. The summed E-state index contributed by atoms with van der Waals surface area (Å²) < 4.78 is 28.1. The number of amides is 1. The lowest BCUT2D eigenvalue weighted by molar-refractivity contribution is 0.0920. The topological polar surface area (TPSA) is 99.7 Å². The fourth-order valence-electron chi connectivity index (χ4n) is 3.53. The van der Waals surface area contributed by atoms with Gasteiger partial charge in [0.1, 0.15) is 4.90 Å². The summed E-state index contributed by atoms with van der Waals surface area (Å²) in [5.41, 5.74) is 1.77. The van der Waals surface area contributed by atoms with E-state index in [-0.39, 0.29) is 41.1 Å². The number of rotatable bonds is 3. The van der Waals surface area contributed by atoms with E-state index in [0.717, 1.165) is 19.4 Å². The molecule has 29 heavy (non-hydrogen) atoms. The molecule has 2 atom stereocenters. The van der Waals surface area contributed by atoms with E-state index in [0.29, 0.717) is 16.8 Å². The Bertz CT molecular complexity index is 1040. The van der Waals surface area contributed by atoms with Crippen LogP contribution in [-0.2, 0) is 10.0 Å². The monoisotopic (exact) mass is 434 g/mol. The first-order valence-electron chi connectivity index (χ1n) is 9.30. The molecule has 9 heteroatoms. The number of carbonyl (C=O) groups excluding carboxylic acids is 1. The van der Waals surface area contributed by atoms with Crippen LogP contribution in [0.3, 0.4) is 0 Å². The predicted octanol–water partition coefficient (Wildman–Crippen LogP) is 2.54. The predicted molar refractivity (Wildman–Crippen MR) is 115 cm³/mol. The number of nitrogens with one attached hydrogen (secondary N) is 3. The molecule has 0 aromatic heterocycles. The lowest BCUT2D eigenvalue weighted by Gasteiger charge is -2.30. The minimum Gasteiger partial charge on any atom is -0.348 e. The van der Waals surface area contributed by atoms with Gasteiger partial charge in [-0.25, -0.2) is 0 Å². The number of anilines is 1. The molecule has 7 nitrogen and oxygen atoms in total. The fraction of sp³-hybridized carbons (Fsp3) is 0.300. The second-order valence-corrected chi connectivity index (χ2v) is 8.65. The quantitative estimate of drug-likeness (QED) is 0.689. The van der Waals surface area contributed by atoms with Gasteiger partial charge in [-0.3, -0.25) is 4.79 Å². The average Bonchev–Trinajstić information content (AvgIpc) is 2.95. The van der Waals surface area contributed by atoms with Crippen LogP contribution in [0.5, 0.6) is 0 Å². The first-order chi connectivity index (χ1) is 13.4. The van der Waals surface area contributed by atoms with Gasteiger partial charge in [0, 0.05) is 28.9 Å². The number of sulfonamides is 1. The number of piperidine rings is 1. The van der Waals surface area contributed by atoms with Crippen LogP contribution in [0.2, 0.25) is 0 Å². The molecule has 0 saturated carbocycles. The zero-order chi connectivity index (χ0) is 19.7. The number of nitrogens with zero attached hydrogens (tertiary/aromatic N) is 1. The summed E-state index contributed by atoms with van der Waals surface area (Å²) in [6.07, 6.45) is 2.01. The van der Waals surface area contributed by atoms with Gasteiger partial charge in [0.15, 0.2) is 5.84 Å². The smallest absolute Gasteiger partial charge is 0.285 e.